The van der Waals surface area contributed by atoms with E-state index in [1.165, 1.54) is 31.4 Å². The van der Waals surface area contributed by atoms with E-state index in [0.717, 1.165) is 19.0 Å². The second kappa shape index (κ2) is 5.51. The highest BCUT2D eigenvalue weighted by Gasteiger charge is 2.31. The summed E-state index contributed by atoms with van der Waals surface area (Å²) < 4.78 is 0. The largest absolute Gasteiger partial charge is 0.508 e. The average Bonchev–Trinajstić information content (AvgIpc) is 2.74. The third kappa shape index (κ3) is 2.77. The van der Waals surface area contributed by atoms with Crippen molar-refractivity contribution >= 4 is 0 Å². The number of aromatic hydroxyl groups is 1. The zero-order valence-electron chi connectivity index (χ0n) is 11.7. The summed E-state index contributed by atoms with van der Waals surface area (Å²) in [5.74, 6) is 0.357. The van der Waals surface area contributed by atoms with Crippen molar-refractivity contribution < 1.29 is 5.11 Å². The highest BCUT2D eigenvalue weighted by atomic mass is 16.3. The van der Waals surface area contributed by atoms with Gasteiger partial charge < -0.3 is 10.4 Å². The summed E-state index contributed by atoms with van der Waals surface area (Å²) in [4.78, 5) is 2.63. The van der Waals surface area contributed by atoms with Crippen molar-refractivity contribution in [3.8, 4) is 5.75 Å². The van der Waals surface area contributed by atoms with Crippen LogP contribution in [0.4, 0.5) is 0 Å². The molecule has 104 valence electrons. The van der Waals surface area contributed by atoms with E-state index >= 15 is 0 Å². The summed E-state index contributed by atoms with van der Waals surface area (Å²) in [7, 11) is 0. The third-order valence-electron chi connectivity index (χ3n) is 4.66. The molecule has 3 heteroatoms. The van der Waals surface area contributed by atoms with Crippen molar-refractivity contribution in [3.63, 3.8) is 0 Å². The van der Waals surface area contributed by atoms with Gasteiger partial charge in [-0.3, -0.25) is 4.90 Å². The Kier molecular flexibility index (Phi) is 3.76. The molecule has 2 bridgehead atoms. The maximum Gasteiger partial charge on any atom is 0.115 e. The molecule has 0 aliphatic carbocycles. The van der Waals surface area contributed by atoms with Crippen LogP contribution < -0.4 is 5.32 Å². The Bertz CT molecular complexity index is 417. The van der Waals surface area contributed by atoms with E-state index in [9.17, 15) is 5.11 Å². The molecule has 2 heterocycles. The van der Waals surface area contributed by atoms with Gasteiger partial charge in [0, 0.05) is 31.2 Å². The lowest BCUT2D eigenvalue weighted by atomic mass is 10.00. The first-order chi connectivity index (χ1) is 9.26. The van der Waals surface area contributed by atoms with Gasteiger partial charge in [0.2, 0.25) is 0 Å². The quantitative estimate of drug-likeness (QED) is 0.877. The van der Waals surface area contributed by atoms with Gasteiger partial charge in [-0.25, -0.2) is 0 Å². The van der Waals surface area contributed by atoms with Crippen LogP contribution in [-0.4, -0.2) is 35.2 Å². The van der Waals surface area contributed by atoms with E-state index in [0.29, 0.717) is 17.8 Å². The third-order valence-corrected chi connectivity index (χ3v) is 4.66. The predicted molar refractivity (Wildman–Crippen MR) is 77.3 cm³/mol. The molecule has 0 radical (unpaired) electrons. The molecule has 2 saturated heterocycles. The molecule has 2 N–H and O–H groups in total. The maximum atomic E-state index is 9.43. The van der Waals surface area contributed by atoms with Crippen LogP contribution in [0.25, 0.3) is 0 Å². The normalized spacial score (nSPS) is 29.1. The second-order valence-corrected chi connectivity index (χ2v) is 5.94. The first-order valence-corrected chi connectivity index (χ1v) is 7.55. The zero-order chi connectivity index (χ0) is 13.2. The lowest BCUT2D eigenvalue weighted by Crippen LogP contribution is -2.37. The monoisotopic (exact) mass is 260 g/mol. The van der Waals surface area contributed by atoms with Crippen molar-refractivity contribution in [3.05, 3.63) is 29.8 Å². The smallest absolute Gasteiger partial charge is 0.115 e. The summed E-state index contributed by atoms with van der Waals surface area (Å²) in [6.07, 6.45) is 5.08. The fourth-order valence-electron chi connectivity index (χ4n) is 3.65. The first-order valence-electron chi connectivity index (χ1n) is 7.55. The minimum atomic E-state index is 0.357. The van der Waals surface area contributed by atoms with Crippen molar-refractivity contribution in [1.29, 1.82) is 0 Å². The molecule has 1 aromatic carbocycles. The second-order valence-electron chi connectivity index (χ2n) is 5.94. The topological polar surface area (TPSA) is 35.5 Å². The number of nitrogens with one attached hydrogen (secondary N) is 1. The van der Waals surface area contributed by atoms with Gasteiger partial charge in [0.1, 0.15) is 5.75 Å². The van der Waals surface area contributed by atoms with Gasteiger partial charge in [-0.1, -0.05) is 19.1 Å². The van der Waals surface area contributed by atoms with Crippen LogP contribution in [0.5, 0.6) is 5.75 Å². The lowest BCUT2D eigenvalue weighted by molar-refractivity contribution is 0.182. The Hall–Kier alpha value is -1.06. The number of benzene rings is 1. The molecular weight excluding hydrogens is 236 g/mol. The minimum Gasteiger partial charge on any atom is -0.508 e. The molecule has 2 aliphatic heterocycles. The molecule has 2 aliphatic rings. The highest BCUT2D eigenvalue weighted by molar-refractivity contribution is 5.28. The lowest BCUT2D eigenvalue weighted by Gasteiger charge is -2.32. The number of phenolic OH excluding ortho intramolecular Hbond substituents is 1. The van der Waals surface area contributed by atoms with Crippen LogP contribution in [0.1, 0.15) is 44.2 Å². The molecule has 3 unspecified atom stereocenters. The fourth-order valence-corrected chi connectivity index (χ4v) is 3.65. The molecule has 19 heavy (non-hydrogen) atoms. The van der Waals surface area contributed by atoms with Crippen molar-refractivity contribution in [2.45, 2.75) is 50.7 Å². The first kappa shape index (κ1) is 12.9. The van der Waals surface area contributed by atoms with Gasteiger partial charge in [0.05, 0.1) is 0 Å². The van der Waals surface area contributed by atoms with Crippen molar-refractivity contribution in [1.82, 2.24) is 10.2 Å². The van der Waals surface area contributed by atoms with Gasteiger partial charge in [-0.15, -0.1) is 0 Å². The fraction of sp³-hybridized carbons (Fsp3) is 0.625. The number of likely N-dealkylation sites (tertiary alicyclic amines) is 1. The Morgan fingerprint density at radius 1 is 1.21 bits per heavy atom. The van der Waals surface area contributed by atoms with Gasteiger partial charge in [0.25, 0.3) is 0 Å². The highest BCUT2D eigenvalue weighted by Crippen LogP contribution is 2.30. The number of hydrogen-bond donors (Lipinski definition) is 2. The maximum absolute atomic E-state index is 9.43. The summed E-state index contributed by atoms with van der Waals surface area (Å²) in [5, 5.41) is 13.2. The number of nitrogens with zero attached hydrogens (tertiary/aromatic N) is 1. The SMILES string of the molecule is CCC(c1ccc(O)cc1)N1CCC2CCC(C1)N2. The molecule has 3 rings (SSSR count). The van der Waals surface area contributed by atoms with Crippen LogP contribution in [0.2, 0.25) is 0 Å². The molecule has 0 spiro atoms. The Morgan fingerprint density at radius 2 is 1.95 bits per heavy atom. The van der Waals surface area contributed by atoms with Crippen LogP contribution in [0.15, 0.2) is 24.3 Å². The molecule has 3 atom stereocenters. The van der Waals surface area contributed by atoms with E-state index in [4.69, 9.17) is 0 Å². The average molecular weight is 260 g/mol. The molecule has 3 nitrogen and oxygen atoms in total. The summed E-state index contributed by atoms with van der Waals surface area (Å²) in [6.45, 7) is 4.61. The molecule has 1 aromatic rings. The summed E-state index contributed by atoms with van der Waals surface area (Å²) >= 11 is 0. The molecule has 0 aromatic heterocycles. The Morgan fingerprint density at radius 3 is 2.68 bits per heavy atom. The number of rotatable bonds is 3. The van der Waals surface area contributed by atoms with E-state index in [2.05, 4.69) is 29.3 Å². The molecule has 2 fully saturated rings. The van der Waals surface area contributed by atoms with Crippen LogP contribution in [-0.2, 0) is 0 Å². The number of hydrogen-bond acceptors (Lipinski definition) is 3. The van der Waals surface area contributed by atoms with Crippen LogP contribution >= 0.6 is 0 Å². The Balaban J connectivity index is 1.76. The van der Waals surface area contributed by atoms with Crippen molar-refractivity contribution in [2.75, 3.05) is 13.1 Å². The van der Waals surface area contributed by atoms with Gasteiger partial charge in [-0.05, 0) is 43.4 Å². The summed E-state index contributed by atoms with van der Waals surface area (Å²) in [5.41, 5.74) is 1.33. The Labute approximate surface area is 115 Å². The van der Waals surface area contributed by atoms with Gasteiger partial charge >= 0.3 is 0 Å². The van der Waals surface area contributed by atoms with Crippen molar-refractivity contribution in [2.24, 2.45) is 0 Å². The number of phenols is 1. The van der Waals surface area contributed by atoms with E-state index in [-0.39, 0.29) is 0 Å². The zero-order valence-corrected chi connectivity index (χ0v) is 11.7. The van der Waals surface area contributed by atoms with Gasteiger partial charge in [0.15, 0.2) is 0 Å². The standard InChI is InChI=1S/C16H24N2O/c1-2-16(12-3-7-15(19)8-4-12)18-10-9-13-5-6-14(11-18)17-13/h3-4,7-8,13-14,16-17,19H,2,5-6,9-11H2,1H3. The summed E-state index contributed by atoms with van der Waals surface area (Å²) in [6, 6.07) is 9.66. The molecular formula is C16H24N2O. The van der Waals surface area contributed by atoms with Gasteiger partial charge in [-0.2, -0.15) is 0 Å². The molecule has 0 amide bonds. The van der Waals surface area contributed by atoms with Crippen LogP contribution in [0, 0.1) is 0 Å². The van der Waals surface area contributed by atoms with Crippen LogP contribution in [0.3, 0.4) is 0 Å². The molecule has 0 saturated carbocycles. The van der Waals surface area contributed by atoms with E-state index in [1.54, 1.807) is 12.1 Å². The van der Waals surface area contributed by atoms with E-state index in [1.807, 2.05) is 0 Å². The minimum absolute atomic E-state index is 0.357. The predicted octanol–water partition coefficient (Wildman–Crippen LogP) is 2.67. The number of fused-ring (bicyclic) bond motifs is 2. The van der Waals surface area contributed by atoms with E-state index < -0.39 is 0 Å².